The SMILES string of the molecule is C/C=C(/C)COCCCC. The van der Waals surface area contributed by atoms with Gasteiger partial charge in [-0.05, 0) is 20.3 Å². The summed E-state index contributed by atoms with van der Waals surface area (Å²) in [5.41, 5.74) is 1.32. The predicted octanol–water partition coefficient (Wildman–Crippen LogP) is 2.77. The van der Waals surface area contributed by atoms with Crippen LogP contribution in [0.25, 0.3) is 0 Å². The van der Waals surface area contributed by atoms with E-state index in [0.717, 1.165) is 13.2 Å². The molecule has 0 aromatic carbocycles. The molecule has 0 atom stereocenters. The molecule has 0 bridgehead atoms. The molecule has 0 aromatic heterocycles. The molecular formula is C9H18O. The molecule has 0 aromatic rings. The fraction of sp³-hybridized carbons (Fsp3) is 0.778. The quantitative estimate of drug-likeness (QED) is 0.423. The summed E-state index contributed by atoms with van der Waals surface area (Å²) in [6.07, 6.45) is 4.48. The minimum absolute atomic E-state index is 0.802. The van der Waals surface area contributed by atoms with E-state index in [-0.39, 0.29) is 0 Å². The molecule has 60 valence electrons. The third-order valence-corrected chi connectivity index (χ3v) is 1.46. The molecule has 0 aliphatic rings. The molecule has 0 fully saturated rings. The first-order valence-electron chi connectivity index (χ1n) is 4.00. The van der Waals surface area contributed by atoms with E-state index in [0.29, 0.717) is 0 Å². The van der Waals surface area contributed by atoms with Crippen molar-refractivity contribution < 1.29 is 4.74 Å². The minimum Gasteiger partial charge on any atom is -0.377 e. The van der Waals surface area contributed by atoms with Crippen LogP contribution in [-0.4, -0.2) is 13.2 Å². The lowest BCUT2D eigenvalue weighted by atomic mass is 10.3. The second-order valence-corrected chi connectivity index (χ2v) is 2.54. The second-order valence-electron chi connectivity index (χ2n) is 2.54. The third kappa shape index (κ3) is 5.83. The molecule has 0 heterocycles. The molecule has 10 heavy (non-hydrogen) atoms. The Bertz CT molecular complexity index is 94.9. The molecule has 0 aliphatic carbocycles. The Hall–Kier alpha value is -0.300. The van der Waals surface area contributed by atoms with Crippen molar-refractivity contribution >= 4 is 0 Å². The summed E-state index contributed by atoms with van der Waals surface area (Å²) in [4.78, 5) is 0. The van der Waals surface area contributed by atoms with Gasteiger partial charge >= 0.3 is 0 Å². The van der Waals surface area contributed by atoms with Crippen molar-refractivity contribution in [1.82, 2.24) is 0 Å². The van der Waals surface area contributed by atoms with Crippen LogP contribution in [0.5, 0.6) is 0 Å². The van der Waals surface area contributed by atoms with E-state index in [1.807, 2.05) is 6.92 Å². The molecule has 0 aliphatic heterocycles. The van der Waals surface area contributed by atoms with Crippen LogP contribution < -0.4 is 0 Å². The zero-order chi connectivity index (χ0) is 7.82. The highest BCUT2D eigenvalue weighted by molar-refractivity contribution is 4.95. The average molecular weight is 142 g/mol. The van der Waals surface area contributed by atoms with Crippen molar-refractivity contribution in [3.8, 4) is 0 Å². The van der Waals surface area contributed by atoms with Gasteiger partial charge < -0.3 is 4.74 Å². The zero-order valence-corrected chi connectivity index (χ0v) is 7.31. The van der Waals surface area contributed by atoms with Gasteiger partial charge in [-0.15, -0.1) is 0 Å². The summed E-state index contributed by atoms with van der Waals surface area (Å²) < 4.78 is 5.36. The maximum atomic E-state index is 5.36. The van der Waals surface area contributed by atoms with Crippen molar-refractivity contribution in [2.75, 3.05) is 13.2 Å². The molecular weight excluding hydrogens is 124 g/mol. The first-order valence-corrected chi connectivity index (χ1v) is 4.00. The lowest BCUT2D eigenvalue weighted by molar-refractivity contribution is 0.152. The highest BCUT2D eigenvalue weighted by Crippen LogP contribution is 1.94. The molecule has 0 N–H and O–H groups in total. The summed E-state index contributed by atoms with van der Waals surface area (Å²) in [7, 11) is 0. The number of hydrogen-bond acceptors (Lipinski definition) is 1. The van der Waals surface area contributed by atoms with E-state index in [4.69, 9.17) is 4.74 Å². The average Bonchev–Trinajstić information content (AvgIpc) is 1.98. The smallest absolute Gasteiger partial charge is 0.0673 e. The van der Waals surface area contributed by atoms with E-state index in [9.17, 15) is 0 Å². The Kier molecular flexibility index (Phi) is 6.61. The second kappa shape index (κ2) is 6.81. The van der Waals surface area contributed by atoms with Gasteiger partial charge in [0.1, 0.15) is 0 Å². The number of allylic oxidation sites excluding steroid dienone is 1. The summed E-state index contributed by atoms with van der Waals surface area (Å²) in [5, 5.41) is 0. The van der Waals surface area contributed by atoms with Gasteiger partial charge in [-0.2, -0.15) is 0 Å². The van der Waals surface area contributed by atoms with Gasteiger partial charge in [0.05, 0.1) is 6.61 Å². The summed E-state index contributed by atoms with van der Waals surface area (Å²) >= 11 is 0. The van der Waals surface area contributed by atoms with Crippen LogP contribution in [-0.2, 0) is 4.74 Å². The number of hydrogen-bond donors (Lipinski definition) is 0. The van der Waals surface area contributed by atoms with Crippen molar-refractivity contribution in [3.05, 3.63) is 11.6 Å². The van der Waals surface area contributed by atoms with Gasteiger partial charge in [-0.1, -0.05) is 25.0 Å². The van der Waals surface area contributed by atoms with Gasteiger partial charge in [-0.25, -0.2) is 0 Å². The molecule has 0 unspecified atom stereocenters. The Morgan fingerprint density at radius 3 is 2.70 bits per heavy atom. The van der Waals surface area contributed by atoms with Crippen LogP contribution in [0.1, 0.15) is 33.6 Å². The van der Waals surface area contributed by atoms with Crippen LogP contribution in [0.2, 0.25) is 0 Å². The van der Waals surface area contributed by atoms with Crippen LogP contribution >= 0.6 is 0 Å². The van der Waals surface area contributed by atoms with Gasteiger partial charge in [0, 0.05) is 6.61 Å². The third-order valence-electron chi connectivity index (χ3n) is 1.46. The zero-order valence-electron chi connectivity index (χ0n) is 7.31. The van der Waals surface area contributed by atoms with Gasteiger partial charge in [0.15, 0.2) is 0 Å². The molecule has 0 spiro atoms. The van der Waals surface area contributed by atoms with Crippen LogP contribution in [0.3, 0.4) is 0 Å². The van der Waals surface area contributed by atoms with E-state index in [1.165, 1.54) is 18.4 Å². The Balaban J connectivity index is 3.04. The molecule has 1 nitrogen and oxygen atoms in total. The summed E-state index contributed by atoms with van der Waals surface area (Å²) in [6, 6.07) is 0. The molecule has 0 rings (SSSR count). The van der Waals surface area contributed by atoms with Crippen molar-refractivity contribution in [2.45, 2.75) is 33.6 Å². The highest BCUT2D eigenvalue weighted by Gasteiger charge is 1.87. The molecule has 0 radical (unpaired) electrons. The van der Waals surface area contributed by atoms with Crippen molar-refractivity contribution in [1.29, 1.82) is 0 Å². The fourth-order valence-electron chi connectivity index (χ4n) is 0.563. The van der Waals surface area contributed by atoms with Crippen molar-refractivity contribution in [3.63, 3.8) is 0 Å². The summed E-state index contributed by atoms with van der Waals surface area (Å²) in [6.45, 7) is 8.01. The fourth-order valence-corrected chi connectivity index (χ4v) is 0.563. The minimum atomic E-state index is 0.802. The van der Waals surface area contributed by atoms with Gasteiger partial charge in [0.25, 0.3) is 0 Å². The molecule has 1 heteroatoms. The van der Waals surface area contributed by atoms with Crippen LogP contribution in [0, 0.1) is 0 Å². The predicted molar refractivity (Wildman–Crippen MR) is 45.2 cm³/mol. The Morgan fingerprint density at radius 2 is 2.20 bits per heavy atom. The van der Waals surface area contributed by atoms with E-state index in [2.05, 4.69) is 19.9 Å². The highest BCUT2D eigenvalue weighted by atomic mass is 16.5. The van der Waals surface area contributed by atoms with Gasteiger partial charge in [0.2, 0.25) is 0 Å². The lowest BCUT2D eigenvalue weighted by Crippen LogP contribution is -1.96. The maximum absolute atomic E-state index is 5.36. The number of unbranched alkanes of at least 4 members (excludes halogenated alkanes) is 1. The number of ether oxygens (including phenoxy) is 1. The Labute approximate surface area is 64.1 Å². The largest absolute Gasteiger partial charge is 0.377 e. The Morgan fingerprint density at radius 1 is 1.50 bits per heavy atom. The maximum Gasteiger partial charge on any atom is 0.0673 e. The molecule has 0 saturated carbocycles. The van der Waals surface area contributed by atoms with Gasteiger partial charge in [-0.3, -0.25) is 0 Å². The summed E-state index contributed by atoms with van der Waals surface area (Å²) in [5.74, 6) is 0. The number of rotatable bonds is 5. The van der Waals surface area contributed by atoms with Crippen LogP contribution in [0.4, 0.5) is 0 Å². The van der Waals surface area contributed by atoms with E-state index < -0.39 is 0 Å². The topological polar surface area (TPSA) is 9.23 Å². The van der Waals surface area contributed by atoms with E-state index in [1.54, 1.807) is 0 Å². The van der Waals surface area contributed by atoms with E-state index >= 15 is 0 Å². The van der Waals surface area contributed by atoms with Crippen LogP contribution in [0.15, 0.2) is 11.6 Å². The van der Waals surface area contributed by atoms with Crippen molar-refractivity contribution in [2.24, 2.45) is 0 Å². The standard InChI is InChI=1S/C9H18O/c1-4-6-7-10-8-9(3)5-2/h5H,4,6-8H2,1-3H3/b9-5-. The first-order chi connectivity index (χ1) is 4.81. The first kappa shape index (κ1) is 9.70. The molecule has 0 saturated heterocycles. The lowest BCUT2D eigenvalue weighted by Gasteiger charge is -2.01. The monoisotopic (exact) mass is 142 g/mol. The normalized spacial score (nSPS) is 12.1. The molecule has 0 amide bonds.